The van der Waals surface area contributed by atoms with Gasteiger partial charge in [0.2, 0.25) is 11.8 Å². The third-order valence-electron chi connectivity index (χ3n) is 3.84. The Labute approximate surface area is 175 Å². The van der Waals surface area contributed by atoms with Crippen molar-refractivity contribution in [2.75, 3.05) is 12.4 Å². The van der Waals surface area contributed by atoms with E-state index in [-0.39, 0.29) is 24.3 Å². The Morgan fingerprint density at radius 2 is 1.79 bits per heavy atom. The molecule has 0 spiro atoms. The van der Waals surface area contributed by atoms with Gasteiger partial charge in [-0.05, 0) is 42.8 Å². The van der Waals surface area contributed by atoms with E-state index in [1.165, 1.54) is 7.11 Å². The number of methoxy groups -OCH3 is 1. The molecule has 2 aromatic rings. The van der Waals surface area contributed by atoms with Crippen LogP contribution in [0, 0.1) is 6.92 Å². The summed E-state index contributed by atoms with van der Waals surface area (Å²) in [6, 6.07) is 10.1. The number of hydrogen-bond acceptors (Lipinski definition) is 4. The Morgan fingerprint density at radius 1 is 1.07 bits per heavy atom. The molecule has 0 aliphatic heterocycles. The van der Waals surface area contributed by atoms with Gasteiger partial charge >= 0.3 is 0 Å². The van der Waals surface area contributed by atoms with Crippen LogP contribution in [0.1, 0.15) is 28.8 Å². The average Bonchev–Trinajstić information content (AvgIpc) is 2.68. The lowest BCUT2D eigenvalue weighted by atomic mass is 10.2. The smallest absolute Gasteiger partial charge is 0.273 e. The zero-order valence-corrected chi connectivity index (χ0v) is 17.6. The van der Waals surface area contributed by atoms with E-state index in [9.17, 15) is 14.4 Å². The summed E-state index contributed by atoms with van der Waals surface area (Å²) in [7, 11) is 1.44. The van der Waals surface area contributed by atoms with Gasteiger partial charge in [-0.15, -0.1) is 0 Å². The molecule has 7 nitrogen and oxygen atoms in total. The van der Waals surface area contributed by atoms with Crippen molar-refractivity contribution >= 4 is 50.9 Å². The molecule has 3 amide bonds. The highest BCUT2D eigenvalue weighted by Crippen LogP contribution is 2.23. The molecule has 0 unspecified atom stereocenters. The van der Waals surface area contributed by atoms with Crippen LogP contribution < -0.4 is 20.9 Å². The molecule has 0 saturated heterocycles. The highest BCUT2D eigenvalue weighted by Gasteiger charge is 2.14. The molecule has 3 N–H and O–H groups in total. The van der Waals surface area contributed by atoms with E-state index < -0.39 is 11.8 Å². The minimum absolute atomic E-state index is 0.0478. The quantitative estimate of drug-likeness (QED) is 0.564. The summed E-state index contributed by atoms with van der Waals surface area (Å²) >= 11 is 9.29. The van der Waals surface area contributed by atoms with Crippen molar-refractivity contribution in [2.24, 2.45) is 0 Å². The van der Waals surface area contributed by atoms with Gasteiger partial charge < -0.3 is 10.1 Å². The second kappa shape index (κ2) is 10.1. The summed E-state index contributed by atoms with van der Waals surface area (Å²) in [6.07, 6.45) is -0.144. The van der Waals surface area contributed by atoms with Crippen molar-refractivity contribution in [1.82, 2.24) is 10.9 Å². The third-order valence-corrected chi connectivity index (χ3v) is 4.75. The van der Waals surface area contributed by atoms with Crippen LogP contribution in [-0.2, 0) is 9.59 Å². The predicted molar refractivity (Wildman–Crippen MR) is 110 cm³/mol. The summed E-state index contributed by atoms with van der Waals surface area (Å²) in [5.41, 5.74) is 6.18. The fourth-order valence-electron chi connectivity index (χ4n) is 2.30. The van der Waals surface area contributed by atoms with Gasteiger partial charge in [0.1, 0.15) is 5.75 Å². The van der Waals surface area contributed by atoms with Gasteiger partial charge in [-0.1, -0.05) is 33.6 Å². The van der Waals surface area contributed by atoms with Crippen molar-refractivity contribution in [3.05, 3.63) is 57.0 Å². The molecule has 0 radical (unpaired) electrons. The largest absolute Gasteiger partial charge is 0.496 e. The Balaban J connectivity index is 1.83. The van der Waals surface area contributed by atoms with Crippen molar-refractivity contribution in [3.8, 4) is 5.75 Å². The van der Waals surface area contributed by atoms with E-state index in [1.54, 1.807) is 43.3 Å². The van der Waals surface area contributed by atoms with E-state index in [1.807, 2.05) is 0 Å². The summed E-state index contributed by atoms with van der Waals surface area (Å²) in [5.74, 6) is -1.00. The van der Waals surface area contributed by atoms with Crippen LogP contribution in [-0.4, -0.2) is 24.8 Å². The molecule has 0 heterocycles. The molecule has 0 fully saturated rings. The number of carbonyl (C=O) groups excluding carboxylic acids is 3. The SMILES string of the molecule is COc1ccc(Br)cc1C(=O)NNC(=O)CCC(=O)Nc1cccc(Cl)c1C. The second-order valence-electron chi connectivity index (χ2n) is 5.81. The van der Waals surface area contributed by atoms with Gasteiger partial charge in [0.05, 0.1) is 12.7 Å². The van der Waals surface area contributed by atoms with Crippen LogP contribution in [0.2, 0.25) is 5.02 Å². The number of amides is 3. The molecular formula is C19H19BrClN3O4. The number of halogens is 2. The first-order chi connectivity index (χ1) is 13.3. The Bertz CT molecular complexity index is 905. The highest BCUT2D eigenvalue weighted by molar-refractivity contribution is 9.10. The first kappa shape index (κ1) is 21.7. The highest BCUT2D eigenvalue weighted by atomic mass is 79.9. The number of ether oxygens (including phenoxy) is 1. The minimum atomic E-state index is -0.537. The molecule has 148 valence electrons. The van der Waals surface area contributed by atoms with E-state index >= 15 is 0 Å². The Kier molecular flexibility index (Phi) is 7.83. The van der Waals surface area contributed by atoms with Gasteiger partial charge in [0, 0.05) is 28.0 Å². The molecule has 0 aromatic heterocycles. The van der Waals surface area contributed by atoms with Gasteiger partial charge in [0.15, 0.2) is 0 Å². The fourth-order valence-corrected chi connectivity index (χ4v) is 2.83. The lowest BCUT2D eigenvalue weighted by Gasteiger charge is -2.11. The first-order valence-electron chi connectivity index (χ1n) is 8.29. The molecule has 0 aliphatic carbocycles. The molecule has 9 heteroatoms. The number of rotatable bonds is 6. The van der Waals surface area contributed by atoms with Crippen molar-refractivity contribution in [1.29, 1.82) is 0 Å². The zero-order chi connectivity index (χ0) is 20.7. The Morgan fingerprint density at radius 3 is 2.50 bits per heavy atom. The predicted octanol–water partition coefficient (Wildman–Crippen LogP) is 3.60. The minimum Gasteiger partial charge on any atom is -0.496 e. The van der Waals surface area contributed by atoms with Crippen LogP contribution in [0.3, 0.4) is 0 Å². The van der Waals surface area contributed by atoms with Gasteiger partial charge in [-0.3, -0.25) is 25.2 Å². The van der Waals surface area contributed by atoms with E-state index in [0.29, 0.717) is 20.9 Å². The van der Waals surface area contributed by atoms with E-state index in [0.717, 1.165) is 5.56 Å². The number of carbonyl (C=O) groups is 3. The van der Waals surface area contributed by atoms with Crippen molar-refractivity contribution in [3.63, 3.8) is 0 Å². The number of nitrogens with one attached hydrogen (secondary N) is 3. The van der Waals surface area contributed by atoms with Crippen LogP contribution in [0.25, 0.3) is 0 Å². The van der Waals surface area contributed by atoms with Crippen LogP contribution in [0.5, 0.6) is 5.75 Å². The summed E-state index contributed by atoms with van der Waals surface area (Å²) in [6.45, 7) is 1.79. The summed E-state index contributed by atoms with van der Waals surface area (Å²) < 4.78 is 5.82. The van der Waals surface area contributed by atoms with Gasteiger partial charge in [-0.2, -0.15) is 0 Å². The van der Waals surface area contributed by atoms with Crippen LogP contribution >= 0.6 is 27.5 Å². The molecule has 0 atom stereocenters. The molecule has 0 bridgehead atoms. The lowest BCUT2D eigenvalue weighted by Crippen LogP contribution is -2.42. The third kappa shape index (κ3) is 5.97. The topological polar surface area (TPSA) is 96.5 Å². The maximum Gasteiger partial charge on any atom is 0.273 e. The van der Waals surface area contributed by atoms with Crippen LogP contribution in [0.15, 0.2) is 40.9 Å². The summed E-state index contributed by atoms with van der Waals surface area (Å²) in [5, 5.41) is 3.25. The Hall–Kier alpha value is -2.58. The zero-order valence-electron chi connectivity index (χ0n) is 15.3. The second-order valence-corrected chi connectivity index (χ2v) is 7.13. The molecule has 2 rings (SSSR count). The number of benzene rings is 2. The standard InChI is InChI=1S/C19H19BrClN3O4/c1-11-14(21)4-3-5-15(11)22-17(25)8-9-18(26)23-24-19(27)13-10-12(20)6-7-16(13)28-2/h3-7,10H,8-9H2,1-2H3,(H,22,25)(H,23,26)(H,24,27). The lowest BCUT2D eigenvalue weighted by molar-refractivity contribution is -0.124. The van der Waals surface area contributed by atoms with Crippen molar-refractivity contribution in [2.45, 2.75) is 19.8 Å². The molecule has 0 saturated carbocycles. The molecule has 2 aromatic carbocycles. The number of anilines is 1. The monoisotopic (exact) mass is 467 g/mol. The average molecular weight is 469 g/mol. The summed E-state index contributed by atoms with van der Waals surface area (Å²) in [4.78, 5) is 36.1. The normalized spacial score (nSPS) is 10.1. The maximum atomic E-state index is 12.2. The van der Waals surface area contributed by atoms with E-state index in [4.69, 9.17) is 16.3 Å². The van der Waals surface area contributed by atoms with Crippen LogP contribution in [0.4, 0.5) is 5.69 Å². The number of hydrogen-bond donors (Lipinski definition) is 3. The number of hydrazine groups is 1. The molecule has 0 aliphatic rings. The maximum absolute atomic E-state index is 12.2. The van der Waals surface area contributed by atoms with Crippen molar-refractivity contribution < 1.29 is 19.1 Å². The van der Waals surface area contributed by atoms with Gasteiger partial charge in [-0.25, -0.2) is 0 Å². The first-order valence-corrected chi connectivity index (χ1v) is 9.46. The van der Waals surface area contributed by atoms with E-state index in [2.05, 4.69) is 32.1 Å². The van der Waals surface area contributed by atoms with Gasteiger partial charge in [0.25, 0.3) is 5.91 Å². The molecular weight excluding hydrogens is 450 g/mol. The molecule has 28 heavy (non-hydrogen) atoms. The fraction of sp³-hybridized carbons (Fsp3) is 0.211.